The van der Waals surface area contributed by atoms with Crippen molar-refractivity contribution in [3.8, 4) is 0 Å². The maximum atomic E-state index is 12.6. The number of thiophene rings is 1. The summed E-state index contributed by atoms with van der Waals surface area (Å²) >= 11 is 1.43. The van der Waals surface area contributed by atoms with Crippen molar-refractivity contribution in [2.24, 2.45) is 0 Å². The summed E-state index contributed by atoms with van der Waals surface area (Å²) in [5, 5.41) is 1.88. The van der Waals surface area contributed by atoms with Gasteiger partial charge in [-0.15, -0.1) is 11.3 Å². The largest absolute Gasteiger partial charge is 0.338 e. The van der Waals surface area contributed by atoms with Crippen molar-refractivity contribution in [3.63, 3.8) is 0 Å². The zero-order valence-corrected chi connectivity index (χ0v) is 14.4. The van der Waals surface area contributed by atoms with Crippen LogP contribution in [0.3, 0.4) is 0 Å². The average Bonchev–Trinajstić information content (AvgIpc) is 3.21. The highest BCUT2D eigenvalue weighted by molar-refractivity contribution is 7.12. The molecule has 0 aromatic carbocycles. The van der Waals surface area contributed by atoms with Crippen LogP contribution >= 0.6 is 11.3 Å². The number of carbonyl (C=O) groups excluding carboxylic acids is 2. The molecule has 2 aromatic heterocycles. The van der Waals surface area contributed by atoms with E-state index in [9.17, 15) is 14.4 Å². The highest BCUT2D eigenvalue weighted by Gasteiger charge is 2.30. The molecule has 0 saturated carbocycles. The molecule has 0 spiro atoms. The van der Waals surface area contributed by atoms with Crippen LogP contribution in [-0.4, -0.2) is 33.7 Å². The molecule has 126 valence electrons. The van der Waals surface area contributed by atoms with Crippen molar-refractivity contribution in [3.05, 3.63) is 56.6 Å². The normalized spacial score (nSPS) is 17.2. The number of hydrogen-bond donors (Lipinski definition) is 0. The van der Waals surface area contributed by atoms with Gasteiger partial charge in [0.2, 0.25) is 5.91 Å². The molecule has 0 N–H and O–H groups in total. The first-order valence-corrected chi connectivity index (χ1v) is 8.96. The van der Waals surface area contributed by atoms with E-state index in [0.29, 0.717) is 13.0 Å². The number of aromatic nitrogens is 1. The summed E-state index contributed by atoms with van der Waals surface area (Å²) in [6.07, 6.45) is 3.75. The van der Waals surface area contributed by atoms with Crippen LogP contribution < -0.4 is 5.56 Å². The van der Waals surface area contributed by atoms with Crippen molar-refractivity contribution in [2.75, 3.05) is 6.54 Å². The number of Topliss-reactive ketones (excluding diaryl/α,β-unsaturated/α-hetero) is 1. The number of aryl methyl sites for hydroxylation is 1. The Labute approximate surface area is 144 Å². The molecule has 1 fully saturated rings. The van der Waals surface area contributed by atoms with Gasteiger partial charge in [-0.1, -0.05) is 6.07 Å². The first-order valence-electron chi connectivity index (χ1n) is 8.08. The molecule has 5 nitrogen and oxygen atoms in total. The Kier molecular flexibility index (Phi) is 4.94. The first kappa shape index (κ1) is 16.6. The summed E-state index contributed by atoms with van der Waals surface area (Å²) in [7, 11) is 0. The highest BCUT2D eigenvalue weighted by atomic mass is 32.1. The van der Waals surface area contributed by atoms with E-state index in [0.717, 1.165) is 23.3 Å². The lowest BCUT2D eigenvalue weighted by molar-refractivity contribution is -0.132. The van der Waals surface area contributed by atoms with Crippen LogP contribution in [-0.2, 0) is 11.3 Å². The smallest absolute Gasteiger partial charge is 0.251 e. The van der Waals surface area contributed by atoms with Gasteiger partial charge in [0.1, 0.15) is 6.54 Å². The van der Waals surface area contributed by atoms with Crippen LogP contribution in [0.15, 0.2) is 40.6 Å². The van der Waals surface area contributed by atoms with Gasteiger partial charge in [0.05, 0.1) is 4.88 Å². The Balaban J connectivity index is 1.67. The molecule has 1 saturated heterocycles. The Morgan fingerprint density at radius 3 is 2.88 bits per heavy atom. The van der Waals surface area contributed by atoms with Crippen LogP contribution in [0, 0.1) is 6.92 Å². The molecule has 0 unspecified atom stereocenters. The second-order valence-electron chi connectivity index (χ2n) is 6.16. The molecule has 0 aliphatic carbocycles. The summed E-state index contributed by atoms with van der Waals surface area (Å²) < 4.78 is 1.42. The summed E-state index contributed by atoms with van der Waals surface area (Å²) in [6, 6.07) is 6.96. The van der Waals surface area contributed by atoms with Gasteiger partial charge >= 0.3 is 0 Å². The zero-order chi connectivity index (χ0) is 17.1. The summed E-state index contributed by atoms with van der Waals surface area (Å²) in [6.45, 7) is 2.53. The van der Waals surface area contributed by atoms with Gasteiger partial charge in [-0.25, -0.2) is 0 Å². The third kappa shape index (κ3) is 3.64. The van der Waals surface area contributed by atoms with E-state index >= 15 is 0 Å². The van der Waals surface area contributed by atoms with Crippen molar-refractivity contribution < 1.29 is 9.59 Å². The van der Waals surface area contributed by atoms with Gasteiger partial charge < -0.3 is 9.47 Å². The second-order valence-corrected chi connectivity index (χ2v) is 7.11. The lowest BCUT2D eigenvalue weighted by atomic mass is 10.1. The van der Waals surface area contributed by atoms with E-state index in [1.807, 2.05) is 30.5 Å². The molecule has 24 heavy (non-hydrogen) atoms. The lowest BCUT2D eigenvalue weighted by Crippen LogP contribution is -2.40. The fraction of sp³-hybridized carbons (Fsp3) is 0.389. The van der Waals surface area contributed by atoms with Gasteiger partial charge in [-0.2, -0.15) is 0 Å². The minimum Gasteiger partial charge on any atom is -0.338 e. The molecule has 3 heterocycles. The predicted octanol–water partition coefficient (Wildman–Crippen LogP) is 2.48. The number of ketones is 1. The van der Waals surface area contributed by atoms with Crippen molar-refractivity contribution >= 4 is 23.0 Å². The Hall–Kier alpha value is -2.21. The Bertz CT molecular complexity index is 795. The summed E-state index contributed by atoms with van der Waals surface area (Å²) in [5.41, 5.74) is 0.707. The van der Waals surface area contributed by atoms with E-state index in [1.165, 1.54) is 22.0 Å². The van der Waals surface area contributed by atoms with Crippen LogP contribution in [0.2, 0.25) is 0 Å². The topological polar surface area (TPSA) is 59.4 Å². The standard InChI is InChI=1S/C18H20N2O3S/c1-13-6-8-19(17(22)10-13)12-18(23)20-7-2-4-14(20)11-15(21)16-5-3-9-24-16/h3,5-6,8-10,14H,2,4,7,11-12H2,1H3/t14-/m0/s1. The van der Waals surface area contributed by atoms with E-state index < -0.39 is 0 Å². The summed E-state index contributed by atoms with van der Waals surface area (Å²) in [4.78, 5) is 39.3. The van der Waals surface area contributed by atoms with Crippen LogP contribution in [0.5, 0.6) is 0 Å². The average molecular weight is 344 g/mol. The number of nitrogens with zero attached hydrogens (tertiary/aromatic N) is 2. The van der Waals surface area contributed by atoms with Gasteiger partial charge in [0, 0.05) is 31.3 Å². The van der Waals surface area contributed by atoms with Crippen LogP contribution in [0.25, 0.3) is 0 Å². The lowest BCUT2D eigenvalue weighted by Gasteiger charge is -2.24. The van der Waals surface area contributed by atoms with E-state index in [4.69, 9.17) is 0 Å². The fourth-order valence-electron chi connectivity index (χ4n) is 3.10. The van der Waals surface area contributed by atoms with Gasteiger partial charge in [-0.05, 0) is 42.8 Å². The minimum absolute atomic E-state index is 0.0306. The Morgan fingerprint density at radius 1 is 1.33 bits per heavy atom. The SMILES string of the molecule is Cc1ccn(CC(=O)N2CCC[C@H]2CC(=O)c2cccs2)c(=O)c1. The molecule has 0 bridgehead atoms. The zero-order valence-electron chi connectivity index (χ0n) is 13.6. The maximum Gasteiger partial charge on any atom is 0.251 e. The molecule has 1 aliphatic heterocycles. The predicted molar refractivity (Wildman–Crippen MR) is 93.4 cm³/mol. The molecule has 3 rings (SSSR count). The van der Waals surface area contributed by atoms with Crippen molar-refractivity contribution in [1.29, 1.82) is 0 Å². The molecular formula is C18H20N2O3S. The van der Waals surface area contributed by atoms with Gasteiger partial charge in [0.15, 0.2) is 5.78 Å². The molecule has 6 heteroatoms. The van der Waals surface area contributed by atoms with Crippen LogP contribution in [0.4, 0.5) is 0 Å². The number of hydrogen-bond acceptors (Lipinski definition) is 4. The molecule has 1 aliphatic rings. The number of amides is 1. The Morgan fingerprint density at radius 2 is 2.17 bits per heavy atom. The third-order valence-electron chi connectivity index (χ3n) is 4.37. The van der Waals surface area contributed by atoms with Crippen LogP contribution in [0.1, 0.15) is 34.5 Å². The highest BCUT2D eigenvalue weighted by Crippen LogP contribution is 2.23. The number of likely N-dealkylation sites (tertiary alicyclic amines) is 1. The number of carbonyl (C=O) groups is 2. The second kappa shape index (κ2) is 7.13. The first-order chi connectivity index (χ1) is 11.5. The molecule has 1 atom stereocenters. The summed E-state index contributed by atoms with van der Waals surface area (Å²) in [5.74, 6) is -0.00960. The molecule has 2 aromatic rings. The van der Waals surface area contributed by atoms with Crippen molar-refractivity contribution in [2.45, 2.75) is 38.8 Å². The number of pyridine rings is 1. The van der Waals surface area contributed by atoms with E-state index in [1.54, 1.807) is 11.1 Å². The van der Waals surface area contributed by atoms with E-state index in [-0.39, 0.29) is 29.8 Å². The quantitative estimate of drug-likeness (QED) is 0.783. The molecule has 0 radical (unpaired) electrons. The minimum atomic E-state index is -0.172. The maximum absolute atomic E-state index is 12.6. The molecule has 1 amide bonds. The van der Waals surface area contributed by atoms with Crippen molar-refractivity contribution in [1.82, 2.24) is 9.47 Å². The molecular weight excluding hydrogens is 324 g/mol. The fourth-order valence-corrected chi connectivity index (χ4v) is 3.78. The van der Waals surface area contributed by atoms with Gasteiger partial charge in [0.25, 0.3) is 5.56 Å². The third-order valence-corrected chi connectivity index (χ3v) is 5.28. The number of rotatable bonds is 5. The monoisotopic (exact) mass is 344 g/mol. The van der Waals surface area contributed by atoms with Gasteiger partial charge in [-0.3, -0.25) is 14.4 Å². The van der Waals surface area contributed by atoms with E-state index in [2.05, 4.69) is 0 Å².